The Labute approximate surface area is 161 Å². The molecule has 2 atom stereocenters. The summed E-state index contributed by atoms with van der Waals surface area (Å²) in [5.41, 5.74) is -1.43. The van der Waals surface area contributed by atoms with Crippen LogP contribution >= 0.6 is 0 Å². The Morgan fingerprint density at radius 2 is 1.89 bits per heavy atom. The molecule has 0 aliphatic heterocycles. The maximum absolute atomic E-state index is 14.1. The van der Waals surface area contributed by atoms with Gasteiger partial charge in [-0.1, -0.05) is 43.5 Å². The highest BCUT2D eigenvalue weighted by Gasteiger charge is 2.35. The molecule has 1 fully saturated rings. The number of Topliss-reactive ketones (excluding diaryl/α,β-unsaturated/α-hetero) is 1. The fraction of sp³-hybridized carbons (Fsp3) is 0.524. The molecule has 0 aromatic heterocycles. The minimum absolute atomic E-state index is 0.111. The molecule has 1 saturated carbocycles. The van der Waals surface area contributed by atoms with Crippen LogP contribution in [-0.4, -0.2) is 16.9 Å². The molecule has 1 aliphatic carbocycles. The number of hydrogen-bond donors (Lipinski definition) is 1. The van der Waals surface area contributed by atoms with Gasteiger partial charge in [0.1, 0.15) is 11.6 Å². The predicted molar refractivity (Wildman–Crippen MR) is 97.0 cm³/mol. The van der Waals surface area contributed by atoms with Crippen LogP contribution in [0.2, 0.25) is 0 Å². The standard InChI is InChI=1S/C21H24F4O3/c22-20-15(6-5-8-17(20)21(23,24)25)11-10-14-12-13-18(26)16(14)7-3-1-2-4-9-19(27)28/h5-6,8,10-11,14,16H,1-4,7,9,12-13H2,(H,27,28). The number of alkyl halides is 3. The van der Waals surface area contributed by atoms with Crippen molar-refractivity contribution in [3.63, 3.8) is 0 Å². The van der Waals surface area contributed by atoms with Crippen molar-refractivity contribution in [1.82, 2.24) is 0 Å². The molecule has 1 aromatic carbocycles. The van der Waals surface area contributed by atoms with Crippen molar-refractivity contribution < 1.29 is 32.3 Å². The summed E-state index contributed by atoms with van der Waals surface area (Å²) in [4.78, 5) is 22.6. The number of halogens is 4. The lowest BCUT2D eigenvalue weighted by Gasteiger charge is -2.15. The number of carbonyl (C=O) groups excluding carboxylic acids is 1. The van der Waals surface area contributed by atoms with Gasteiger partial charge in [0.25, 0.3) is 0 Å². The number of unbranched alkanes of at least 4 members (excludes halogenated alkanes) is 3. The number of benzene rings is 1. The van der Waals surface area contributed by atoms with Gasteiger partial charge in [-0.2, -0.15) is 13.2 Å². The van der Waals surface area contributed by atoms with Crippen LogP contribution in [0, 0.1) is 17.7 Å². The molecule has 0 amide bonds. The number of carboxylic acids is 1. The van der Waals surface area contributed by atoms with Crippen LogP contribution in [0.1, 0.15) is 62.5 Å². The van der Waals surface area contributed by atoms with Crippen LogP contribution in [0.5, 0.6) is 0 Å². The number of allylic oxidation sites excluding steroid dienone is 1. The van der Waals surface area contributed by atoms with Gasteiger partial charge in [0.05, 0.1) is 5.56 Å². The Morgan fingerprint density at radius 3 is 2.57 bits per heavy atom. The molecule has 2 rings (SSSR count). The van der Waals surface area contributed by atoms with E-state index in [1.165, 1.54) is 18.2 Å². The van der Waals surface area contributed by atoms with Crippen molar-refractivity contribution in [2.24, 2.45) is 11.8 Å². The van der Waals surface area contributed by atoms with Crippen LogP contribution in [0.15, 0.2) is 24.3 Å². The van der Waals surface area contributed by atoms with Crippen LogP contribution in [0.4, 0.5) is 17.6 Å². The lowest BCUT2D eigenvalue weighted by Crippen LogP contribution is -2.13. The molecule has 154 valence electrons. The Hall–Kier alpha value is -2.18. The van der Waals surface area contributed by atoms with E-state index in [0.29, 0.717) is 31.7 Å². The zero-order valence-corrected chi connectivity index (χ0v) is 15.5. The fourth-order valence-electron chi connectivity index (χ4n) is 3.66. The third-order valence-corrected chi connectivity index (χ3v) is 5.17. The van der Waals surface area contributed by atoms with Crippen molar-refractivity contribution in [3.8, 4) is 0 Å². The van der Waals surface area contributed by atoms with E-state index in [1.807, 2.05) is 0 Å². The molecule has 1 aliphatic rings. The topological polar surface area (TPSA) is 54.4 Å². The molecular formula is C21H24F4O3. The van der Waals surface area contributed by atoms with Crippen LogP contribution < -0.4 is 0 Å². The smallest absolute Gasteiger partial charge is 0.419 e. The maximum atomic E-state index is 14.1. The van der Waals surface area contributed by atoms with Gasteiger partial charge in [-0.25, -0.2) is 4.39 Å². The van der Waals surface area contributed by atoms with E-state index in [9.17, 15) is 27.2 Å². The summed E-state index contributed by atoms with van der Waals surface area (Å²) in [7, 11) is 0. The number of rotatable bonds is 9. The summed E-state index contributed by atoms with van der Waals surface area (Å²) in [5.74, 6) is -2.31. The number of carboxylic acid groups (broad SMARTS) is 1. The van der Waals surface area contributed by atoms with Gasteiger partial charge in [0.2, 0.25) is 0 Å². The van der Waals surface area contributed by atoms with Crippen molar-refractivity contribution >= 4 is 17.8 Å². The fourth-order valence-corrected chi connectivity index (χ4v) is 3.66. The SMILES string of the molecule is O=C(O)CCCCCCC1C(=O)CCC1C=Cc1cccc(C(F)(F)F)c1F. The first kappa shape index (κ1) is 22.1. The summed E-state index contributed by atoms with van der Waals surface area (Å²) < 4.78 is 52.6. The molecule has 0 saturated heterocycles. The van der Waals surface area contributed by atoms with Crippen molar-refractivity contribution in [2.75, 3.05) is 0 Å². The molecule has 28 heavy (non-hydrogen) atoms. The van der Waals surface area contributed by atoms with Crippen molar-refractivity contribution in [1.29, 1.82) is 0 Å². The molecule has 0 spiro atoms. The van der Waals surface area contributed by atoms with Gasteiger partial charge in [0.15, 0.2) is 0 Å². The van der Waals surface area contributed by atoms with Crippen LogP contribution in [-0.2, 0) is 15.8 Å². The zero-order valence-electron chi connectivity index (χ0n) is 15.5. The van der Waals surface area contributed by atoms with E-state index in [-0.39, 0.29) is 29.6 Å². The van der Waals surface area contributed by atoms with Gasteiger partial charge in [-0.05, 0) is 31.2 Å². The normalized spacial score (nSPS) is 20.2. The molecule has 3 nitrogen and oxygen atoms in total. The average Bonchev–Trinajstić information content (AvgIpc) is 2.96. The summed E-state index contributed by atoms with van der Waals surface area (Å²) in [6.07, 6.45) is 3.07. The van der Waals surface area contributed by atoms with Gasteiger partial charge in [0, 0.05) is 24.3 Å². The zero-order chi connectivity index (χ0) is 20.7. The Morgan fingerprint density at radius 1 is 1.18 bits per heavy atom. The number of aliphatic carboxylic acids is 1. The first-order valence-corrected chi connectivity index (χ1v) is 9.48. The minimum Gasteiger partial charge on any atom is -0.481 e. The predicted octanol–water partition coefficient (Wildman–Crippen LogP) is 5.88. The Kier molecular flexibility index (Phi) is 7.78. The summed E-state index contributed by atoms with van der Waals surface area (Å²) in [5, 5.41) is 8.60. The van der Waals surface area contributed by atoms with Gasteiger partial charge in [-0.15, -0.1) is 0 Å². The van der Waals surface area contributed by atoms with Crippen molar-refractivity contribution in [2.45, 2.75) is 57.5 Å². The van der Waals surface area contributed by atoms with Gasteiger partial charge < -0.3 is 5.11 Å². The third-order valence-electron chi connectivity index (χ3n) is 5.17. The number of carbonyl (C=O) groups is 2. The quantitative estimate of drug-likeness (QED) is 0.416. The van der Waals surface area contributed by atoms with Crippen LogP contribution in [0.25, 0.3) is 6.08 Å². The lowest BCUT2D eigenvalue weighted by molar-refractivity contribution is -0.140. The molecule has 0 bridgehead atoms. The third kappa shape index (κ3) is 6.17. The maximum Gasteiger partial charge on any atom is 0.419 e. The van der Waals surface area contributed by atoms with Gasteiger partial charge in [-0.3, -0.25) is 9.59 Å². The lowest BCUT2D eigenvalue weighted by atomic mass is 9.89. The largest absolute Gasteiger partial charge is 0.481 e. The van der Waals surface area contributed by atoms with Gasteiger partial charge >= 0.3 is 12.1 Å². The Balaban J connectivity index is 1.95. The second-order valence-electron chi connectivity index (χ2n) is 7.19. The minimum atomic E-state index is -4.75. The molecule has 2 unspecified atom stereocenters. The second kappa shape index (κ2) is 9.85. The molecule has 7 heteroatoms. The first-order chi connectivity index (χ1) is 13.2. The van der Waals surface area contributed by atoms with E-state index in [4.69, 9.17) is 5.11 Å². The van der Waals surface area contributed by atoms with Crippen LogP contribution in [0.3, 0.4) is 0 Å². The van der Waals surface area contributed by atoms with Crippen molar-refractivity contribution in [3.05, 3.63) is 41.2 Å². The molecule has 1 aromatic rings. The highest BCUT2D eigenvalue weighted by atomic mass is 19.4. The van der Waals surface area contributed by atoms with E-state index >= 15 is 0 Å². The highest BCUT2D eigenvalue weighted by molar-refractivity contribution is 5.84. The summed E-state index contributed by atoms with van der Waals surface area (Å²) in [6.45, 7) is 0. The summed E-state index contributed by atoms with van der Waals surface area (Å²) in [6, 6.07) is 3.16. The van der Waals surface area contributed by atoms with E-state index in [1.54, 1.807) is 6.08 Å². The highest BCUT2D eigenvalue weighted by Crippen LogP contribution is 2.36. The molecular weight excluding hydrogens is 376 g/mol. The first-order valence-electron chi connectivity index (χ1n) is 9.48. The second-order valence-corrected chi connectivity index (χ2v) is 7.19. The Bertz CT molecular complexity index is 725. The molecule has 0 heterocycles. The number of hydrogen-bond acceptors (Lipinski definition) is 2. The average molecular weight is 400 g/mol. The van der Waals surface area contributed by atoms with E-state index in [0.717, 1.165) is 19.3 Å². The monoisotopic (exact) mass is 400 g/mol. The summed E-state index contributed by atoms with van der Waals surface area (Å²) >= 11 is 0. The van der Waals surface area contributed by atoms with E-state index < -0.39 is 23.5 Å². The molecule has 1 N–H and O–H groups in total. The number of ketones is 1. The molecule has 0 radical (unpaired) electrons. The van der Waals surface area contributed by atoms with E-state index in [2.05, 4.69) is 0 Å².